The average molecular weight is 562 g/mol. The third-order valence-electron chi connectivity index (χ3n) is 6.93. The summed E-state index contributed by atoms with van der Waals surface area (Å²) in [7, 11) is 0. The minimum atomic E-state index is -0.476. The second kappa shape index (κ2) is 11.4. The van der Waals surface area contributed by atoms with Gasteiger partial charge in [0.1, 0.15) is 10.7 Å². The summed E-state index contributed by atoms with van der Waals surface area (Å²) >= 11 is 12.4. The van der Waals surface area contributed by atoms with E-state index in [9.17, 15) is 19.2 Å². The molecule has 0 aromatic heterocycles. The molecule has 2 aliphatic rings. The van der Waals surface area contributed by atoms with E-state index in [0.29, 0.717) is 27.5 Å². The van der Waals surface area contributed by atoms with Gasteiger partial charge in [0, 0.05) is 33.4 Å². The molecule has 1 aliphatic carbocycles. The van der Waals surface area contributed by atoms with E-state index in [1.165, 1.54) is 11.0 Å². The highest BCUT2D eigenvalue weighted by Gasteiger charge is 2.42. The molecule has 0 bridgehead atoms. The fourth-order valence-corrected chi connectivity index (χ4v) is 5.29. The van der Waals surface area contributed by atoms with Crippen molar-refractivity contribution in [3.05, 3.63) is 105 Å². The molecule has 2 N–H and O–H groups in total. The highest BCUT2D eigenvalue weighted by Crippen LogP contribution is 2.32. The van der Waals surface area contributed by atoms with E-state index in [2.05, 4.69) is 10.6 Å². The van der Waals surface area contributed by atoms with Crippen LogP contribution in [0.5, 0.6) is 0 Å². The molecule has 0 saturated heterocycles. The van der Waals surface area contributed by atoms with Crippen LogP contribution in [-0.2, 0) is 9.59 Å². The standard InChI is InChI=1S/C30H25Cl2N3O4/c31-20-13-16-24(23(17-20)27(36)18-7-3-1-4-8-18)34-28(37)19-11-14-21(15-12-19)33-26-25(32)29(38)35(30(26)39)22-9-5-2-6-10-22/h1,3-4,7-8,11-17,22,33H,2,5-6,9-10H2,(H,34,37). The predicted molar refractivity (Wildman–Crippen MR) is 151 cm³/mol. The first-order chi connectivity index (χ1) is 18.8. The molecule has 0 unspecified atom stereocenters. The number of imide groups is 1. The van der Waals surface area contributed by atoms with Crippen LogP contribution in [0.25, 0.3) is 0 Å². The Bertz CT molecular complexity index is 1480. The molecule has 9 heteroatoms. The van der Waals surface area contributed by atoms with Crippen molar-refractivity contribution in [3.8, 4) is 0 Å². The Balaban J connectivity index is 1.29. The van der Waals surface area contributed by atoms with E-state index in [0.717, 1.165) is 32.1 Å². The number of carbonyl (C=O) groups is 4. The van der Waals surface area contributed by atoms with Crippen LogP contribution in [0.4, 0.5) is 11.4 Å². The van der Waals surface area contributed by atoms with Gasteiger partial charge < -0.3 is 10.6 Å². The first-order valence-corrected chi connectivity index (χ1v) is 13.4. The number of ketones is 1. The Morgan fingerprint density at radius 2 is 1.49 bits per heavy atom. The molecule has 1 aliphatic heterocycles. The van der Waals surface area contributed by atoms with Gasteiger partial charge in [0.05, 0.1) is 5.69 Å². The summed E-state index contributed by atoms with van der Waals surface area (Å²) in [6.45, 7) is 0. The maximum Gasteiger partial charge on any atom is 0.279 e. The van der Waals surface area contributed by atoms with Gasteiger partial charge in [-0.3, -0.25) is 24.1 Å². The second-order valence-electron chi connectivity index (χ2n) is 9.50. The Labute approximate surface area is 235 Å². The third kappa shape index (κ3) is 5.60. The largest absolute Gasteiger partial charge is 0.350 e. The molecule has 7 nitrogen and oxygen atoms in total. The van der Waals surface area contributed by atoms with Crippen LogP contribution in [0.3, 0.4) is 0 Å². The molecule has 0 radical (unpaired) electrons. The molecule has 5 rings (SSSR count). The summed E-state index contributed by atoms with van der Waals surface area (Å²) in [5.74, 6) is -1.61. The van der Waals surface area contributed by atoms with Gasteiger partial charge in [0.25, 0.3) is 17.7 Å². The molecule has 3 aromatic carbocycles. The zero-order chi connectivity index (χ0) is 27.5. The summed E-state index contributed by atoms with van der Waals surface area (Å²) in [6, 6.07) is 19.7. The molecule has 3 amide bonds. The Hall–Kier alpha value is -3.94. The maximum atomic E-state index is 13.1. The quantitative estimate of drug-likeness (QED) is 0.257. The van der Waals surface area contributed by atoms with E-state index in [-0.39, 0.29) is 28.1 Å². The zero-order valence-electron chi connectivity index (χ0n) is 20.9. The van der Waals surface area contributed by atoms with Gasteiger partial charge in [-0.05, 0) is 55.3 Å². The first kappa shape index (κ1) is 26.7. The molecule has 0 atom stereocenters. The van der Waals surface area contributed by atoms with E-state index in [1.807, 2.05) is 6.07 Å². The van der Waals surface area contributed by atoms with Crippen LogP contribution >= 0.6 is 23.2 Å². The van der Waals surface area contributed by atoms with Gasteiger partial charge in [0.15, 0.2) is 5.78 Å². The van der Waals surface area contributed by atoms with Gasteiger partial charge in [-0.25, -0.2) is 0 Å². The molecule has 1 saturated carbocycles. The predicted octanol–water partition coefficient (Wildman–Crippen LogP) is 6.39. The summed E-state index contributed by atoms with van der Waals surface area (Å²) in [5, 5.41) is 5.97. The Kier molecular flexibility index (Phi) is 7.82. The molecule has 0 spiro atoms. The number of halogens is 2. The number of carbonyl (C=O) groups excluding carboxylic acids is 4. The van der Waals surface area contributed by atoms with Crippen LogP contribution in [0.15, 0.2) is 83.5 Å². The summed E-state index contributed by atoms with van der Waals surface area (Å²) in [4.78, 5) is 53.1. The lowest BCUT2D eigenvalue weighted by molar-refractivity contribution is -0.140. The molecule has 1 heterocycles. The van der Waals surface area contributed by atoms with E-state index in [4.69, 9.17) is 23.2 Å². The number of anilines is 2. The van der Waals surface area contributed by atoms with Crippen LogP contribution in [0.1, 0.15) is 58.4 Å². The molecule has 198 valence electrons. The van der Waals surface area contributed by atoms with Crippen LogP contribution < -0.4 is 10.6 Å². The number of benzene rings is 3. The average Bonchev–Trinajstić information content (AvgIpc) is 3.17. The number of nitrogens with one attached hydrogen (secondary N) is 2. The van der Waals surface area contributed by atoms with Crippen LogP contribution in [-0.4, -0.2) is 34.4 Å². The topological polar surface area (TPSA) is 95.6 Å². The Morgan fingerprint density at radius 3 is 2.18 bits per heavy atom. The van der Waals surface area contributed by atoms with E-state index in [1.54, 1.807) is 60.7 Å². The van der Waals surface area contributed by atoms with Crippen LogP contribution in [0, 0.1) is 0 Å². The minimum Gasteiger partial charge on any atom is -0.350 e. The highest BCUT2D eigenvalue weighted by atomic mass is 35.5. The lowest BCUT2D eigenvalue weighted by Gasteiger charge is -2.29. The zero-order valence-corrected chi connectivity index (χ0v) is 22.4. The summed E-state index contributed by atoms with van der Waals surface area (Å²) in [5.41, 5.74) is 1.93. The van der Waals surface area contributed by atoms with Gasteiger partial charge in [0.2, 0.25) is 0 Å². The minimum absolute atomic E-state index is 0.0367. The Morgan fingerprint density at radius 1 is 0.795 bits per heavy atom. The fraction of sp³-hybridized carbons (Fsp3) is 0.200. The normalized spacial score (nSPS) is 16.0. The van der Waals surface area contributed by atoms with Crippen molar-refractivity contribution < 1.29 is 19.2 Å². The van der Waals surface area contributed by atoms with E-state index < -0.39 is 17.7 Å². The van der Waals surface area contributed by atoms with Crippen molar-refractivity contribution in [1.29, 1.82) is 0 Å². The maximum absolute atomic E-state index is 13.1. The smallest absolute Gasteiger partial charge is 0.279 e. The van der Waals surface area contributed by atoms with Crippen molar-refractivity contribution in [2.24, 2.45) is 0 Å². The van der Waals surface area contributed by atoms with Gasteiger partial charge in [-0.1, -0.05) is 72.8 Å². The molecule has 39 heavy (non-hydrogen) atoms. The molecular formula is C30H25Cl2N3O4. The summed E-state index contributed by atoms with van der Waals surface area (Å²) in [6.07, 6.45) is 4.62. The van der Waals surface area contributed by atoms with Crippen molar-refractivity contribution in [2.75, 3.05) is 10.6 Å². The number of hydrogen-bond donors (Lipinski definition) is 2. The lowest BCUT2D eigenvalue weighted by Crippen LogP contribution is -2.42. The van der Waals surface area contributed by atoms with Crippen molar-refractivity contribution in [1.82, 2.24) is 4.90 Å². The SMILES string of the molecule is O=C(Nc1ccc(Cl)cc1C(=O)c1ccccc1)c1ccc(NC2=C(Cl)C(=O)N(C3CCCCC3)C2=O)cc1. The number of nitrogens with zero attached hydrogens (tertiary/aromatic N) is 1. The monoisotopic (exact) mass is 561 g/mol. The van der Waals surface area contributed by atoms with Gasteiger partial charge in [-0.15, -0.1) is 0 Å². The van der Waals surface area contributed by atoms with Crippen molar-refractivity contribution in [3.63, 3.8) is 0 Å². The number of rotatable bonds is 7. The molecular weight excluding hydrogens is 537 g/mol. The van der Waals surface area contributed by atoms with Gasteiger partial charge in [-0.2, -0.15) is 0 Å². The number of hydrogen-bond acceptors (Lipinski definition) is 5. The highest BCUT2D eigenvalue weighted by molar-refractivity contribution is 6.48. The molecule has 1 fully saturated rings. The fourth-order valence-electron chi connectivity index (χ4n) is 4.90. The van der Waals surface area contributed by atoms with Crippen LogP contribution in [0.2, 0.25) is 5.02 Å². The van der Waals surface area contributed by atoms with Crippen molar-refractivity contribution in [2.45, 2.75) is 38.1 Å². The van der Waals surface area contributed by atoms with Gasteiger partial charge >= 0.3 is 0 Å². The lowest BCUT2D eigenvalue weighted by atomic mass is 9.94. The number of amides is 3. The first-order valence-electron chi connectivity index (χ1n) is 12.7. The van der Waals surface area contributed by atoms with Crippen molar-refractivity contribution >= 4 is 58.1 Å². The van der Waals surface area contributed by atoms with E-state index >= 15 is 0 Å². The third-order valence-corrected chi connectivity index (χ3v) is 7.51. The molecule has 3 aromatic rings. The second-order valence-corrected chi connectivity index (χ2v) is 10.3. The summed E-state index contributed by atoms with van der Waals surface area (Å²) < 4.78 is 0.